The Morgan fingerprint density at radius 3 is 2.44 bits per heavy atom. The van der Waals surface area contributed by atoms with Crippen molar-refractivity contribution in [3.8, 4) is 0 Å². The second kappa shape index (κ2) is 11.3. The Bertz CT molecular complexity index is 1190. The van der Waals surface area contributed by atoms with E-state index in [0.717, 1.165) is 35.0 Å². The Morgan fingerprint density at radius 2 is 1.72 bits per heavy atom. The minimum atomic E-state index is -0.540. The van der Waals surface area contributed by atoms with Crippen LogP contribution in [0.25, 0.3) is 10.9 Å². The van der Waals surface area contributed by atoms with Gasteiger partial charge in [0.2, 0.25) is 5.91 Å². The Balaban J connectivity index is 1.19. The first-order valence-electron chi connectivity index (χ1n) is 13.5. The number of H-pyrrole nitrogens is 1. The predicted molar refractivity (Wildman–Crippen MR) is 144 cm³/mol. The number of nitrogens with zero attached hydrogens (tertiary/aromatic N) is 1. The summed E-state index contributed by atoms with van der Waals surface area (Å²) in [6.45, 7) is 5.77. The van der Waals surface area contributed by atoms with Crippen molar-refractivity contribution >= 4 is 22.7 Å². The van der Waals surface area contributed by atoms with Crippen LogP contribution in [0.2, 0.25) is 0 Å². The second-order valence-electron chi connectivity index (χ2n) is 10.6. The van der Waals surface area contributed by atoms with Crippen LogP contribution in [0.3, 0.4) is 0 Å². The van der Waals surface area contributed by atoms with Crippen LogP contribution in [0, 0.1) is 12.8 Å². The molecule has 1 unspecified atom stereocenters. The third-order valence-electron chi connectivity index (χ3n) is 7.72. The van der Waals surface area contributed by atoms with Gasteiger partial charge >= 0.3 is 0 Å². The maximum Gasteiger partial charge on any atom is 0.268 e. The zero-order valence-corrected chi connectivity index (χ0v) is 21.3. The lowest BCUT2D eigenvalue weighted by Gasteiger charge is -2.26. The molecule has 1 aliphatic carbocycles. The topological polar surface area (TPSA) is 77.2 Å². The minimum absolute atomic E-state index is 0.116. The number of amides is 2. The molecule has 2 aromatic carbocycles. The van der Waals surface area contributed by atoms with Crippen molar-refractivity contribution in [2.75, 3.05) is 13.1 Å². The third-order valence-corrected chi connectivity index (χ3v) is 7.72. The van der Waals surface area contributed by atoms with Crippen molar-refractivity contribution in [3.63, 3.8) is 0 Å². The quantitative estimate of drug-likeness (QED) is 0.375. The fourth-order valence-corrected chi connectivity index (χ4v) is 5.27. The highest BCUT2D eigenvalue weighted by molar-refractivity contribution is 6.02. The summed E-state index contributed by atoms with van der Waals surface area (Å²) in [6.07, 6.45) is 8.02. The van der Waals surface area contributed by atoms with Crippen LogP contribution < -0.4 is 10.6 Å². The smallest absolute Gasteiger partial charge is 0.268 e. The molecule has 6 nitrogen and oxygen atoms in total. The molecule has 1 atom stereocenters. The molecule has 1 saturated carbocycles. The van der Waals surface area contributed by atoms with Crippen LogP contribution in [0.4, 0.5) is 0 Å². The van der Waals surface area contributed by atoms with Crippen LogP contribution in [0.1, 0.15) is 72.1 Å². The molecule has 1 saturated heterocycles. The number of aryl methyl sites for hydroxylation is 1. The summed E-state index contributed by atoms with van der Waals surface area (Å²) in [6, 6.07) is 15.9. The number of carbonyl (C=O) groups excluding carboxylic acids is 2. The lowest BCUT2D eigenvalue weighted by atomic mass is 10.1. The number of para-hydroxylation sites is 1. The number of aromatic nitrogens is 1. The highest BCUT2D eigenvalue weighted by Crippen LogP contribution is 2.34. The van der Waals surface area contributed by atoms with Gasteiger partial charge in [0.25, 0.3) is 5.91 Å². The van der Waals surface area contributed by atoms with Gasteiger partial charge in [0.1, 0.15) is 11.7 Å². The first-order chi connectivity index (χ1) is 17.6. The molecule has 3 aromatic rings. The van der Waals surface area contributed by atoms with Crippen LogP contribution in [0.15, 0.2) is 48.5 Å². The van der Waals surface area contributed by atoms with Gasteiger partial charge < -0.3 is 15.6 Å². The molecule has 2 heterocycles. The highest BCUT2D eigenvalue weighted by atomic mass is 16.2. The molecule has 0 radical (unpaired) electrons. The van der Waals surface area contributed by atoms with E-state index in [2.05, 4.69) is 44.8 Å². The molecule has 190 valence electrons. The van der Waals surface area contributed by atoms with Crippen molar-refractivity contribution in [1.29, 1.82) is 0 Å². The molecule has 3 N–H and O–H groups in total. The number of likely N-dealkylation sites (tertiary alicyclic amines) is 1. The summed E-state index contributed by atoms with van der Waals surface area (Å²) < 4.78 is 0. The molecule has 5 rings (SSSR count). The Kier molecular flexibility index (Phi) is 7.71. The van der Waals surface area contributed by atoms with Crippen molar-refractivity contribution in [3.05, 3.63) is 70.9 Å². The molecular formula is C30H38N4O2. The summed E-state index contributed by atoms with van der Waals surface area (Å²) in [5.41, 5.74) is 4.77. The van der Waals surface area contributed by atoms with Crippen LogP contribution in [-0.2, 0) is 17.9 Å². The average Bonchev–Trinajstić information content (AvgIpc) is 3.68. The molecule has 2 aliphatic rings. The monoisotopic (exact) mass is 486 g/mol. The molecule has 0 bridgehead atoms. The summed E-state index contributed by atoms with van der Waals surface area (Å²) in [4.78, 5) is 32.1. The molecule has 1 aliphatic heterocycles. The third kappa shape index (κ3) is 6.16. The Labute approximate surface area is 213 Å². The summed E-state index contributed by atoms with van der Waals surface area (Å²) in [5, 5.41) is 7.12. The van der Waals surface area contributed by atoms with E-state index in [1.54, 1.807) is 0 Å². The number of piperidine rings is 1. The summed E-state index contributed by atoms with van der Waals surface area (Å²) >= 11 is 0. The van der Waals surface area contributed by atoms with E-state index < -0.39 is 6.04 Å². The van der Waals surface area contributed by atoms with E-state index in [1.165, 1.54) is 50.8 Å². The first-order valence-corrected chi connectivity index (χ1v) is 13.5. The van der Waals surface area contributed by atoms with E-state index in [9.17, 15) is 9.59 Å². The number of rotatable bonds is 10. The van der Waals surface area contributed by atoms with Crippen LogP contribution in [-0.4, -0.2) is 40.8 Å². The van der Waals surface area contributed by atoms with Gasteiger partial charge in [-0.2, -0.15) is 0 Å². The van der Waals surface area contributed by atoms with E-state index in [4.69, 9.17) is 0 Å². The van der Waals surface area contributed by atoms with Crippen LogP contribution >= 0.6 is 0 Å². The molecule has 2 fully saturated rings. The van der Waals surface area contributed by atoms with Gasteiger partial charge in [-0.3, -0.25) is 14.5 Å². The van der Waals surface area contributed by atoms with Gasteiger partial charge in [-0.05, 0) is 74.4 Å². The molecule has 2 amide bonds. The molecule has 0 spiro atoms. The van der Waals surface area contributed by atoms with Gasteiger partial charge in [0.05, 0.1) is 0 Å². The van der Waals surface area contributed by atoms with E-state index in [-0.39, 0.29) is 11.8 Å². The number of aromatic amines is 1. The number of hydrogen-bond acceptors (Lipinski definition) is 3. The number of nitrogens with one attached hydrogen (secondary N) is 3. The zero-order chi connectivity index (χ0) is 24.9. The number of benzene rings is 2. The fourth-order valence-electron chi connectivity index (χ4n) is 5.27. The van der Waals surface area contributed by atoms with Crippen molar-refractivity contribution in [2.45, 2.75) is 71.0 Å². The summed E-state index contributed by atoms with van der Waals surface area (Å²) in [5.74, 6) is 0.358. The molecular weight excluding hydrogens is 448 g/mol. The van der Waals surface area contributed by atoms with Gasteiger partial charge in [-0.15, -0.1) is 0 Å². The number of fused-ring (bicyclic) bond motifs is 1. The minimum Gasteiger partial charge on any atom is -0.350 e. The SMILES string of the molecule is Cc1c(C(=O)NC(CCC2CC2)C(=O)NCc2ccc(CN3CCCCC3)cc2)[nH]c2ccccc12. The maximum absolute atomic E-state index is 13.2. The number of carbonyl (C=O) groups is 2. The van der Waals surface area contributed by atoms with Crippen molar-refractivity contribution < 1.29 is 9.59 Å². The Hall–Kier alpha value is -3.12. The van der Waals surface area contributed by atoms with E-state index >= 15 is 0 Å². The van der Waals surface area contributed by atoms with Crippen molar-refractivity contribution in [2.24, 2.45) is 5.92 Å². The highest BCUT2D eigenvalue weighted by Gasteiger charge is 2.27. The predicted octanol–water partition coefficient (Wildman–Crippen LogP) is 5.07. The lowest BCUT2D eigenvalue weighted by Crippen LogP contribution is -2.46. The molecule has 6 heteroatoms. The van der Waals surface area contributed by atoms with Gasteiger partial charge in [0, 0.05) is 24.0 Å². The Morgan fingerprint density at radius 1 is 1.00 bits per heavy atom. The molecule has 1 aromatic heterocycles. The average molecular weight is 487 g/mol. The second-order valence-corrected chi connectivity index (χ2v) is 10.6. The maximum atomic E-state index is 13.2. The van der Waals surface area contributed by atoms with Crippen LogP contribution in [0.5, 0.6) is 0 Å². The van der Waals surface area contributed by atoms with Gasteiger partial charge in [0.15, 0.2) is 0 Å². The number of hydrogen-bond donors (Lipinski definition) is 3. The van der Waals surface area contributed by atoms with E-state index in [0.29, 0.717) is 24.6 Å². The van der Waals surface area contributed by atoms with Gasteiger partial charge in [-0.25, -0.2) is 0 Å². The lowest BCUT2D eigenvalue weighted by molar-refractivity contribution is -0.123. The zero-order valence-electron chi connectivity index (χ0n) is 21.3. The molecule has 36 heavy (non-hydrogen) atoms. The van der Waals surface area contributed by atoms with Gasteiger partial charge in [-0.1, -0.05) is 61.7 Å². The first kappa shape index (κ1) is 24.6. The largest absolute Gasteiger partial charge is 0.350 e. The summed E-state index contributed by atoms with van der Waals surface area (Å²) in [7, 11) is 0. The fraction of sp³-hybridized carbons (Fsp3) is 0.467. The normalized spacial score (nSPS) is 17.1. The van der Waals surface area contributed by atoms with Crippen molar-refractivity contribution in [1.82, 2.24) is 20.5 Å². The van der Waals surface area contributed by atoms with E-state index in [1.807, 2.05) is 31.2 Å². The standard InChI is InChI=1S/C30H38N4O2/c1-21-25-7-3-4-8-26(25)32-28(21)30(36)33-27(16-15-22-9-10-22)29(35)31-19-23-11-13-24(14-12-23)20-34-17-5-2-6-18-34/h3-4,7-8,11-14,22,27,32H,2,5-6,9-10,15-20H2,1H3,(H,31,35)(H,33,36).